The first-order valence-corrected chi connectivity index (χ1v) is 6.69. The normalized spacial score (nSPS) is 13.4. The van der Waals surface area contributed by atoms with Crippen LogP contribution in [0.15, 0.2) is 24.3 Å². The highest BCUT2D eigenvalue weighted by Gasteiger charge is 2.30. The maximum Gasteiger partial charge on any atom is 0.323 e. The number of ether oxygens (including phenoxy) is 1. The van der Waals surface area contributed by atoms with E-state index in [1.807, 2.05) is 0 Å². The maximum atomic E-state index is 11.1. The molecule has 0 bridgehead atoms. The first-order chi connectivity index (χ1) is 9.90. The number of carboxylic acid groups (broad SMARTS) is 1. The topological polar surface area (TPSA) is 102 Å². The lowest BCUT2D eigenvalue weighted by molar-refractivity contribution is -0.385. The molecule has 0 aliphatic heterocycles. The van der Waals surface area contributed by atoms with E-state index in [0.717, 1.165) is 0 Å². The first kappa shape index (κ1) is 16.9. The number of para-hydroxylation sites is 2. The first-order valence-electron chi connectivity index (χ1n) is 6.69. The van der Waals surface area contributed by atoms with Crippen LogP contribution in [0, 0.1) is 10.1 Å². The Morgan fingerprint density at radius 3 is 2.67 bits per heavy atom. The van der Waals surface area contributed by atoms with E-state index >= 15 is 0 Å². The van der Waals surface area contributed by atoms with Crippen LogP contribution in [-0.2, 0) is 4.79 Å². The Labute approximate surface area is 123 Å². The maximum absolute atomic E-state index is 11.1. The van der Waals surface area contributed by atoms with Crippen LogP contribution >= 0.6 is 0 Å². The predicted molar refractivity (Wildman–Crippen MR) is 77.5 cm³/mol. The summed E-state index contributed by atoms with van der Waals surface area (Å²) in [5, 5.41) is 22.7. The minimum atomic E-state index is -0.960. The summed E-state index contributed by atoms with van der Waals surface area (Å²) in [5.74, 6) is -0.665. The van der Waals surface area contributed by atoms with E-state index in [9.17, 15) is 14.9 Å². The fourth-order valence-electron chi connectivity index (χ4n) is 1.83. The Morgan fingerprint density at radius 1 is 1.43 bits per heavy atom. The lowest BCUT2D eigenvalue weighted by Gasteiger charge is -2.23. The van der Waals surface area contributed by atoms with E-state index in [4.69, 9.17) is 9.84 Å². The van der Waals surface area contributed by atoms with Crippen LogP contribution in [0.4, 0.5) is 5.69 Å². The molecule has 0 heterocycles. The minimum Gasteiger partial charge on any atom is -0.487 e. The van der Waals surface area contributed by atoms with Gasteiger partial charge in [0.1, 0.15) is 5.54 Å². The van der Waals surface area contributed by atoms with Gasteiger partial charge in [0.2, 0.25) is 0 Å². The number of benzene rings is 1. The number of nitrogens with zero attached hydrogens (tertiary/aromatic N) is 1. The minimum absolute atomic E-state index is 0.0666. The predicted octanol–water partition coefficient (Wildman–Crippen LogP) is 2.21. The summed E-state index contributed by atoms with van der Waals surface area (Å²) in [7, 11) is 1.61. The Morgan fingerprint density at radius 2 is 2.10 bits per heavy atom. The molecule has 1 atom stereocenters. The number of nitro groups is 1. The molecule has 0 aromatic heterocycles. The second kappa shape index (κ2) is 7.58. The molecule has 2 N–H and O–H groups in total. The van der Waals surface area contributed by atoms with E-state index < -0.39 is 16.4 Å². The van der Waals surface area contributed by atoms with Gasteiger partial charge < -0.3 is 15.2 Å². The number of unbranched alkanes of at least 4 members (excludes halogenated alkanes) is 1. The van der Waals surface area contributed by atoms with E-state index in [0.29, 0.717) is 25.9 Å². The third-order valence-corrected chi connectivity index (χ3v) is 3.41. The molecule has 1 aromatic carbocycles. The second-order valence-corrected chi connectivity index (χ2v) is 4.92. The zero-order valence-corrected chi connectivity index (χ0v) is 12.2. The van der Waals surface area contributed by atoms with Crippen molar-refractivity contribution in [3.05, 3.63) is 34.4 Å². The number of likely N-dealkylation sites (N-methyl/N-ethyl adjacent to an activating group) is 1. The van der Waals surface area contributed by atoms with Crippen molar-refractivity contribution in [1.29, 1.82) is 0 Å². The average Bonchev–Trinajstić information content (AvgIpc) is 2.46. The van der Waals surface area contributed by atoms with Crippen LogP contribution in [-0.4, -0.2) is 35.2 Å². The molecule has 7 nitrogen and oxygen atoms in total. The van der Waals surface area contributed by atoms with Crippen molar-refractivity contribution in [2.75, 3.05) is 13.7 Å². The van der Waals surface area contributed by atoms with Gasteiger partial charge in [-0.2, -0.15) is 0 Å². The summed E-state index contributed by atoms with van der Waals surface area (Å²) in [5.41, 5.74) is -1.03. The van der Waals surface area contributed by atoms with Crippen LogP contribution in [0.3, 0.4) is 0 Å². The average molecular weight is 296 g/mol. The smallest absolute Gasteiger partial charge is 0.323 e. The van der Waals surface area contributed by atoms with Crippen molar-refractivity contribution in [3.8, 4) is 5.75 Å². The van der Waals surface area contributed by atoms with Crippen LogP contribution in [0.25, 0.3) is 0 Å². The van der Waals surface area contributed by atoms with E-state index in [2.05, 4.69) is 5.32 Å². The van der Waals surface area contributed by atoms with Gasteiger partial charge in [-0.1, -0.05) is 12.1 Å². The van der Waals surface area contributed by atoms with E-state index in [-0.39, 0.29) is 11.4 Å². The van der Waals surface area contributed by atoms with Gasteiger partial charge in [0.15, 0.2) is 5.75 Å². The molecule has 0 amide bonds. The highest BCUT2D eigenvalue weighted by Crippen LogP contribution is 2.26. The molecule has 0 aliphatic rings. The molecule has 1 unspecified atom stereocenters. The van der Waals surface area contributed by atoms with Crippen LogP contribution in [0.1, 0.15) is 26.2 Å². The molecule has 116 valence electrons. The lowest BCUT2D eigenvalue weighted by atomic mass is 9.95. The van der Waals surface area contributed by atoms with Gasteiger partial charge >= 0.3 is 11.7 Å². The fraction of sp³-hybridized carbons (Fsp3) is 0.500. The van der Waals surface area contributed by atoms with Crippen LogP contribution in [0.5, 0.6) is 5.75 Å². The molecule has 7 heteroatoms. The summed E-state index contributed by atoms with van der Waals surface area (Å²) >= 11 is 0. The van der Waals surface area contributed by atoms with Gasteiger partial charge in [-0.3, -0.25) is 14.9 Å². The molecule has 21 heavy (non-hydrogen) atoms. The van der Waals surface area contributed by atoms with Crippen LogP contribution < -0.4 is 10.1 Å². The number of hydrogen-bond acceptors (Lipinski definition) is 5. The molecule has 0 fully saturated rings. The number of carbonyl (C=O) groups is 1. The van der Waals surface area contributed by atoms with Gasteiger partial charge in [-0.25, -0.2) is 0 Å². The third kappa shape index (κ3) is 4.71. The lowest BCUT2D eigenvalue weighted by Crippen LogP contribution is -2.47. The standard InChI is InChI=1S/C14H20N2O5/c1-14(15-2,13(17)18)9-5-6-10-21-12-8-4-3-7-11(12)16(19)20/h3-4,7-8,15H,5-6,9-10H2,1-2H3,(H,17,18). The zero-order chi connectivity index (χ0) is 15.9. The summed E-state index contributed by atoms with van der Waals surface area (Å²) in [4.78, 5) is 21.4. The van der Waals surface area contributed by atoms with E-state index in [1.165, 1.54) is 6.07 Å². The van der Waals surface area contributed by atoms with Crippen molar-refractivity contribution in [1.82, 2.24) is 5.32 Å². The number of carboxylic acids is 1. The van der Waals surface area contributed by atoms with Crippen molar-refractivity contribution in [2.45, 2.75) is 31.7 Å². The van der Waals surface area contributed by atoms with E-state index in [1.54, 1.807) is 32.2 Å². The van der Waals surface area contributed by atoms with Crippen molar-refractivity contribution in [3.63, 3.8) is 0 Å². The van der Waals surface area contributed by atoms with Crippen molar-refractivity contribution in [2.24, 2.45) is 0 Å². The molecule has 0 saturated heterocycles. The third-order valence-electron chi connectivity index (χ3n) is 3.41. The quantitative estimate of drug-likeness (QED) is 0.411. The largest absolute Gasteiger partial charge is 0.487 e. The number of nitrogens with one attached hydrogen (secondary N) is 1. The van der Waals surface area contributed by atoms with Crippen LogP contribution in [0.2, 0.25) is 0 Å². The Kier molecular flexibility index (Phi) is 6.10. The molecular formula is C14H20N2O5. The summed E-state index contributed by atoms with van der Waals surface area (Å²) in [6, 6.07) is 6.19. The molecular weight excluding hydrogens is 276 g/mol. The molecule has 1 aromatic rings. The number of rotatable bonds is 9. The summed E-state index contributed by atoms with van der Waals surface area (Å²) < 4.78 is 5.40. The van der Waals surface area contributed by atoms with Gasteiger partial charge in [-0.05, 0) is 39.3 Å². The Balaban J connectivity index is 2.42. The summed E-state index contributed by atoms with van der Waals surface area (Å²) in [6.45, 7) is 1.93. The molecule has 0 aliphatic carbocycles. The molecule has 1 rings (SSSR count). The highest BCUT2D eigenvalue weighted by atomic mass is 16.6. The van der Waals surface area contributed by atoms with Crippen molar-refractivity contribution < 1.29 is 19.6 Å². The van der Waals surface area contributed by atoms with Crippen molar-refractivity contribution >= 4 is 11.7 Å². The molecule has 0 saturated carbocycles. The number of hydrogen-bond donors (Lipinski definition) is 2. The summed E-state index contributed by atoms with van der Waals surface area (Å²) in [6.07, 6.45) is 1.72. The molecule has 0 radical (unpaired) electrons. The van der Waals surface area contributed by atoms with Gasteiger partial charge in [-0.15, -0.1) is 0 Å². The Bertz CT molecular complexity index is 506. The number of aliphatic carboxylic acids is 1. The highest BCUT2D eigenvalue weighted by molar-refractivity contribution is 5.78. The fourth-order valence-corrected chi connectivity index (χ4v) is 1.83. The molecule has 0 spiro atoms. The SMILES string of the molecule is CNC(C)(CCCCOc1ccccc1[N+](=O)[O-])C(=O)O. The number of nitro benzene ring substituents is 1. The van der Waals surface area contributed by atoms with Gasteiger partial charge in [0.05, 0.1) is 11.5 Å². The van der Waals surface area contributed by atoms with Gasteiger partial charge in [0.25, 0.3) is 0 Å². The van der Waals surface area contributed by atoms with Gasteiger partial charge in [0, 0.05) is 6.07 Å². The zero-order valence-electron chi connectivity index (χ0n) is 12.2. The second-order valence-electron chi connectivity index (χ2n) is 4.92. The monoisotopic (exact) mass is 296 g/mol. The Hall–Kier alpha value is -2.15.